The summed E-state index contributed by atoms with van der Waals surface area (Å²) in [7, 11) is 1.59. The molecule has 3 rings (SSSR count). The first kappa shape index (κ1) is 16.7. The molecule has 0 aromatic heterocycles. The molecule has 1 aliphatic heterocycles. The van der Waals surface area contributed by atoms with E-state index in [1.807, 2.05) is 37.3 Å². The number of amides is 2. The molecule has 0 spiro atoms. The Balaban J connectivity index is 2.00. The molecule has 128 valence electrons. The fraction of sp³-hybridized carbons (Fsp3) is 0.211. The number of carbonyl (C=O) groups is 2. The summed E-state index contributed by atoms with van der Waals surface area (Å²) in [4.78, 5) is 24.9. The number of carbonyl (C=O) groups excluding carboxylic acids is 2. The van der Waals surface area contributed by atoms with Gasteiger partial charge in [-0.05, 0) is 41.8 Å². The molecule has 1 fully saturated rings. The second kappa shape index (κ2) is 6.05. The van der Waals surface area contributed by atoms with Gasteiger partial charge in [0.2, 0.25) is 11.8 Å². The predicted molar refractivity (Wildman–Crippen MR) is 96.0 cm³/mol. The Hall–Kier alpha value is -3.15. The van der Waals surface area contributed by atoms with Gasteiger partial charge in [0.05, 0.1) is 12.0 Å². The lowest BCUT2D eigenvalue weighted by Crippen LogP contribution is -2.58. The van der Waals surface area contributed by atoms with E-state index in [2.05, 4.69) is 5.32 Å². The van der Waals surface area contributed by atoms with E-state index < -0.39 is 11.4 Å². The molecule has 1 aliphatic rings. The highest BCUT2D eigenvalue weighted by atomic mass is 16.2. The molecule has 0 saturated carbocycles. The normalized spacial score (nSPS) is 20.3. The highest BCUT2D eigenvalue weighted by Gasteiger charge is 2.37. The molecule has 2 aromatic carbocycles. The van der Waals surface area contributed by atoms with Crippen molar-refractivity contribution in [2.45, 2.75) is 18.9 Å². The van der Waals surface area contributed by atoms with Crippen LogP contribution in [0.3, 0.4) is 0 Å². The van der Waals surface area contributed by atoms with E-state index in [4.69, 9.17) is 11.1 Å². The molecule has 0 aliphatic carbocycles. The summed E-state index contributed by atoms with van der Waals surface area (Å²) in [5, 5.41) is 11.1. The number of nitrogens with two attached hydrogens (primary N) is 1. The molecule has 2 amide bonds. The van der Waals surface area contributed by atoms with E-state index in [-0.39, 0.29) is 18.3 Å². The molecular weight excluding hydrogens is 316 g/mol. The van der Waals surface area contributed by atoms with Crippen molar-refractivity contribution in [1.82, 2.24) is 10.2 Å². The van der Waals surface area contributed by atoms with Gasteiger partial charge in [-0.15, -0.1) is 0 Å². The van der Waals surface area contributed by atoms with Crippen LogP contribution in [0.25, 0.3) is 11.1 Å². The van der Waals surface area contributed by atoms with E-state index >= 15 is 0 Å². The summed E-state index contributed by atoms with van der Waals surface area (Å²) < 4.78 is 0. The summed E-state index contributed by atoms with van der Waals surface area (Å²) >= 11 is 0. The number of benzene rings is 2. The molecule has 6 heteroatoms. The van der Waals surface area contributed by atoms with Gasteiger partial charge < -0.3 is 11.1 Å². The maximum absolute atomic E-state index is 12.2. The Labute approximate surface area is 146 Å². The smallest absolute Gasteiger partial charge is 0.248 e. The first-order valence-electron chi connectivity index (χ1n) is 7.94. The van der Waals surface area contributed by atoms with Gasteiger partial charge >= 0.3 is 0 Å². The molecule has 0 radical (unpaired) electrons. The van der Waals surface area contributed by atoms with Gasteiger partial charge in [-0.2, -0.15) is 0 Å². The van der Waals surface area contributed by atoms with Crippen LogP contribution in [0.5, 0.6) is 0 Å². The maximum Gasteiger partial charge on any atom is 0.248 e. The minimum Gasteiger partial charge on any atom is -0.366 e. The van der Waals surface area contributed by atoms with Crippen molar-refractivity contribution in [2.24, 2.45) is 5.73 Å². The SMILES string of the molecule is CN1C(=N)N[C@](C)(c2cccc(-c3cccc(C(N)=O)c3)c2)CC1=O. The second-order valence-corrected chi connectivity index (χ2v) is 6.46. The molecular formula is C19H20N4O2. The summed E-state index contributed by atoms with van der Waals surface area (Å²) in [5.74, 6) is -0.492. The molecule has 6 nitrogen and oxygen atoms in total. The van der Waals surface area contributed by atoms with Crippen LogP contribution < -0.4 is 11.1 Å². The van der Waals surface area contributed by atoms with Crippen molar-refractivity contribution in [3.05, 3.63) is 59.7 Å². The zero-order chi connectivity index (χ0) is 18.2. The zero-order valence-corrected chi connectivity index (χ0v) is 14.2. The fourth-order valence-corrected chi connectivity index (χ4v) is 3.00. The summed E-state index contributed by atoms with van der Waals surface area (Å²) in [6.45, 7) is 1.91. The topological polar surface area (TPSA) is 99.3 Å². The quantitative estimate of drug-likeness (QED) is 0.800. The molecule has 25 heavy (non-hydrogen) atoms. The zero-order valence-electron chi connectivity index (χ0n) is 14.2. The number of hydrogen-bond acceptors (Lipinski definition) is 3. The Bertz CT molecular complexity index is 857. The summed E-state index contributed by atoms with van der Waals surface area (Å²) in [5.41, 5.74) is 7.84. The van der Waals surface area contributed by atoms with Gasteiger partial charge in [0.25, 0.3) is 0 Å². The van der Waals surface area contributed by atoms with Crippen LogP contribution in [0.4, 0.5) is 0 Å². The van der Waals surface area contributed by atoms with Crippen LogP contribution in [0.2, 0.25) is 0 Å². The van der Waals surface area contributed by atoms with Gasteiger partial charge in [-0.3, -0.25) is 19.9 Å². The lowest BCUT2D eigenvalue weighted by atomic mass is 9.85. The average molecular weight is 336 g/mol. The van der Waals surface area contributed by atoms with Crippen molar-refractivity contribution >= 4 is 17.8 Å². The third-order valence-electron chi connectivity index (χ3n) is 4.59. The van der Waals surface area contributed by atoms with Crippen molar-refractivity contribution in [3.8, 4) is 11.1 Å². The molecule has 0 unspecified atom stereocenters. The van der Waals surface area contributed by atoms with Gasteiger partial charge in [-0.25, -0.2) is 0 Å². The first-order valence-corrected chi connectivity index (χ1v) is 7.94. The van der Waals surface area contributed by atoms with E-state index in [0.29, 0.717) is 5.56 Å². The Morgan fingerprint density at radius 3 is 2.48 bits per heavy atom. The highest BCUT2D eigenvalue weighted by molar-refractivity contribution is 5.99. The highest BCUT2D eigenvalue weighted by Crippen LogP contribution is 2.31. The first-order chi connectivity index (χ1) is 11.8. The lowest BCUT2D eigenvalue weighted by molar-refractivity contribution is -0.129. The number of nitrogens with zero attached hydrogens (tertiary/aromatic N) is 1. The van der Waals surface area contributed by atoms with E-state index in [9.17, 15) is 9.59 Å². The molecule has 1 heterocycles. The largest absolute Gasteiger partial charge is 0.366 e. The van der Waals surface area contributed by atoms with Crippen LogP contribution in [0, 0.1) is 5.41 Å². The Morgan fingerprint density at radius 1 is 1.20 bits per heavy atom. The van der Waals surface area contributed by atoms with Gasteiger partial charge in [0, 0.05) is 12.6 Å². The van der Waals surface area contributed by atoms with Crippen LogP contribution in [-0.4, -0.2) is 29.7 Å². The van der Waals surface area contributed by atoms with Gasteiger partial charge in [0.15, 0.2) is 5.96 Å². The number of primary amides is 1. The molecule has 4 N–H and O–H groups in total. The van der Waals surface area contributed by atoms with Gasteiger partial charge in [-0.1, -0.05) is 30.3 Å². The van der Waals surface area contributed by atoms with Crippen LogP contribution >= 0.6 is 0 Å². The van der Waals surface area contributed by atoms with Crippen molar-refractivity contribution in [3.63, 3.8) is 0 Å². The molecule has 2 aromatic rings. The third-order valence-corrected chi connectivity index (χ3v) is 4.59. The average Bonchev–Trinajstić information content (AvgIpc) is 2.60. The van der Waals surface area contributed by atoms with E-state index in [0.717, 1.165) is 16.7 Å². The second-order valence-electron chi connectivity index (χ2n) is 6.46. The van der Waals surface area contributed by atoms with Crippen LogP contribution in [-0.2, 0) is 10.3 Å². The number of hydrogen-bond donors (Lipinski definition) is 3. The van der Waals surface area contributed by atoms with Gasteiger partial charge in [0.1, 0.15) is 0 Å². The monoisotopic (exact) mass is 336 g/mol. The summed E-state index contributed by atoms with van der Waals surface area (Å²) in [6.07, 6.45) is 0.261. The number of rotatable bonds is 3. The number of guanidine groups is 1. The maximum atomic E-state index is 12.2. The Morgan fingerprint density at radius 2 is 1.84 bits per heavy atom. The minimum absolute atomic E-state index is 0.0832. The fourth-order valence-electron chi connectivity index (χ4n) is 3.00. The van der Waals surface area contributed by atoms with E-state index in [1.54, 1.807) is 25.2 Å². The Kier molecular flexibility index (Phi) is 4.04. The molecule has 0 bridgehead atoms. The summed E-state index contributed by atoms with van der Waals surface area (Å²) in [6, 6.07) is 14.9. The van der Waals surface area contributed by atoms with Crippen molar-refractivity contribution < 1.29 is 9.59 Å². The number of nitrogens with one attached hydrogen (secondary N) is 2. The lowest BCUT2D eigenvalue weighted by Gasteiger charge is -2.39. The molecule has 1 saturated heterocycles. The standard InChI is InChI=1S/C19H20N4O2/c1-19(11-16(24)23(2)18(21)22-19)15-8-4-6-13(10-15)12-5-3-7-14(9-12)17(20)25/h3-10H,11H2,1-2H3,(H2,20,25)(H2,21,22)/t19-/m0/s1. The predicted octanol–water partition coefficient (Wildman–Crippen LogP) is 2.05. The van der Waals surface area contributed by atoms with Crippen LogP contribution in [0.1, 0.15) is 29.3 Å². The van der Waals surface area contributed by atoms with E-state index in [1.165, 1.54) is 4.90 Å². The minimum atomic E-state index is -0.655. The van der Waals surface area contributed by atoms with Crippen molar-refractivity contribution in [2.75, 3.05) is 7.05 Å². The molecule has 1 atom stereocenters. The third kappa shape index (κ3) is 3.10. The van der Waals surface area contributed by atoms with Crippen LogP contribution in [0.15, 0.2) is 48.5 Å². The van der Waals surface area contributed by atoms with Crippen molar-refractivity contribution in [1.29, 1.82) is 5.41 Å².